The number of amides is 2. The summed E-state index contributed by atoms with van der Waals surface area (Å²) in [6, 6.07) is 16.0. The molecule has 0 spiro atoms. The molecule has 180 valence electrons. The minimum atomic E-state index is -1.08. The minimum Gasteiger partial charge on any atom is -0.480 e. The van der Waals surface area contributed by atoms with Crippen molar-refractivity contribution in [3.8, 4) is 11.1 Å². The van der Waals surface area contributed by atoms with Crippen molar-refractivity contribution in [1.29, 1.82) is 0 Å². The summed E-state index contributed by atoms with van der Waals surface area (Å²) in [5.41, 5.74) is 4.59. The Hall–Kier alpha value is -3.39. The zero-order chi connectivity index (χ0) is 24.2. The lowest BCUT2D eigenvalue weighted by Gasteiger charge is -2.29. The molecule has 1 heterocycles. The molecule has 2 aromatic carbocycles. The van der Waals surface area contributed by atoms with Gasteiger partial charge in [0.05, 0.1) is 0 Å². The highest BCUT2D eigenvalue weighted by molar-refractivity contribution is 5.85. The van der Waals surface area contributed by atoms with Crippen LogP contribution in [0, 0.1) is 5.92 Å². The highest BCUT2D eigenvalue weighted by atomic mass is 16.5. The number of aliphatic carboxylic acids is 1. The molecule has 0 radical (unpaired) electrons. The molecule has 2 amide bonds. The summed E-state index contributed by atoms with van der Waals surface area (Å²) in [6.07, 6.45) is -0.735. The monoisotopic (exact) mass is 466 g/mol. The lowest BCUT2D eigenvalue weighted by atomic mass is 9.98. The number of fused-ring (bicyclic) bond motifs is 3. The average molecular weight is 467 g/mol. The Bertz CT molecular complexity index is 1020. The first kappa shape index (κ1) is 23.8. The molecule has 0 bridgehead atoms. The fraction of sp³-hybridized carbons (Fsp3) is 0.423. The number of ether oxygens (including phenoxy) is 2. The number of hydrogen-bond donors (Lipinski definition) is 2. The second-order valence-electron chi connectivity index (χ2n) is 9.00. The van der Waals surface area contributed by atoms with E-state index in [-0.39, 0.29) is 43.5 Å². The van der Waals surface area contributed by atoms with E-state index in [1.807, 2.05) is 24.3 Å². The van der Waals surface area contributed by atoms with Gasteiger partial charge >= 0.3 is 12.1 Å². The van der Waals surface area contributed by atoms with E-state index in [1.165, 1.54) is 4.90 Å². The molecule has 1 fully saturated rings. The maximum Gasteiger partial charge on any atom is 0.407 e. The Morgan fingerprint density at radius 2 is 1.71 bits per heavy atom. The summed E-state index contributed by atoms with van der Waals surface area (Å²) in [5.74, 6) is -1.72. The van der Waals surface area contributed by atoms with Gasteiger partial charge in [0, 0.05) is 31.0 Å². The van der Waals surface area contributed by atoms with Gasteiger partial charge in [-0.15, -0.1) is 0 Å². The second kappa shape index (κ2) is 10.3. The summed E-state index contributed by atoms with van der Waals surface area (Å²) in [7, 11) is 0. The first-order valence-corrected chi connectivity index (χ1v) is 11.6. The first-order valence-electron chi connectivity index (χ1n) is 11.6. The number of carboxylic acid groups (broad SMARTS) is 1. The van der Waals surface area contributed by atoms with E-state index in [0.29, 0.717) is 13.0 Å². The van der Waals surface area contributed by atoms with E-state index < -0.39 is 18.2 Å². The summed E-state index contributed by atoms with van der Waals surface area (Å²) >= 11 is 0. The summed E-state index contributed by atoms with van der Waals surface area (Å²) in [4.78, 5) is 37.8. The number of alkyl carbamates (subject to hydrolysis) is 1. The molecule has 0 aromatic heterocycles. The number of hydrogen-bond acceptors (Lipinski definition) is 5. The normalized spacial score (nSPS) is 18.9. The van der Waals surface area contributed by atoms with E-state index >= 15 is 0 Å². The lowest BCUT2D eigenvalue weighted by molar-refractivity contribution is -0.151. The van der Waals surface area contributed by atoms with E-state index in [1.54, 1.807) is 13.8 Å². The molecule has 1 aliphatic carbocycles. The highest BCUT2D eigenvalue weighted by Crippen LogP contribution is 2.44. The van der Waals surface area contributed by atoms with Gasteiger partial charge in [0.2, 0.25) is 0 Å². The molecule has 1 aliphatic heterocycles. The van der Waals surface area contributed by atoms with Gasteiger partial charge in [-0.2, -0.15) is 0 Å². The first-order chi connectivity index (χ1) is 16.4. The van der Waals surface area contributed by atoms with Crippen molar-refractivity contribution in [2.45, 2.75) is 38.3 Å². The van der Waals surface area contributed by atoms with Crippen LogP contribution in [0.25, 0.3) is 11.1 Å². The van der Waals surface area contributed by atoms with Gasteiger partial charge in [-0.3, -0.25) is 9.59 Å². The van der Waals surface area contributed by atoms with Crippen LogP contribution in [0.15, 0.2) is 48.5 Å². The third-order valence-corrected chi connectivity index (χ3v) is 6.52. The van der Waals surface area contributed by atoms with E-state index in [2.05, 4.69) is 29.6 Å². The van der Waals surface area contributed by atoms with Crippen LogP contribution in [0.2, 0.25) is 0 Å². The molecule has 2 atom stereocenters. The Kier molecular flexibility index (Phi) is 7.17. The molecular weight excluding hydrogens is 436 g/mol. The number of carbonyl (C=O) groups excluding carboxylic acids is 2. The number of rotatable bonds is 8. The summed E-state index contributed by atoms with van der Waals surface area (Å²) in [5, 5.41) is 11.9. The smallest absolute Gasteiger partial charge is 0.407 e. The molecular formula is C26H30N2O6. The molecule has 2 unspecified atom stereocenters. The average Bonchev–Trinajstić information content (AvgIpc) is 3.42. The largest absolute Gasteiger partial charge is 0.480 e. The molecule has 34 heavy (non-hydrogen) atoms. The SMILES string of the molecule is CC(C)N(CC(=O)O)C(=O)C1OCCC1CNC(=O)OCC1c2ccccc2-c2ccccc21. The maximum absolute atomic E-state index is 12.9. The van der Waals surface area contributed by atoms with Crippen molar-refractivity contribution in [2.24, 2.45) is 5.92 Å². The number of carbonyl (C=O) groups is 3. The van der Waals surface area contributed by atoms with Gasteiger partial charge in [0.15, 0.2) is 0 Å². The highest BCUT2D eigenvalue weighted by Gasteiger charge is 2.38. The third kappa shape index (κ3) is 4.92. The van der Waals surface area contributed by atoms with Crippen LogP contribution in [-0.4, -0.2) is 66.4 Å². The standard InChI is InChI=1S/C26H30N2O6/c1-16(2)28(14-23(29)30)25(31)24-17(11-12-33-24)13-27-26(32)34-15-22-20-9-5-3-7-18(20)19-8-4-6-10-21(19)22/h3-10,16-17,22,24H,11-15H2,1-2H3,(H,27,32)(H,29,30). The Balaban J connectivity index is 1.34. The van der Waals surface area contributed by atoms with Crippen molar-refractivity contribution in [1.82, 2.24) is 10.2 Å². The van der Waals surface area contributed by atoms with Gasteiger partial charge in [-0.05, 0) is 42.5 Å². The molecule has 4 rings (SSSR count). The van der Waals surface area contributed by atoms with E-state index in [4.69, 9.17) is 14.6 Å². The molecule has 1 saturated heterocycles. The second-order valence-corrected chi connectivity index (χ2v) is 9.00. The minimum absolute atomic E-state index is 0.0297. The van der Waals surface area contributed by atoms with Crippen molar-refractivity contribution < 1.29 is 29.0 Å². The molecule has 2 aromatic rings. The summed E-state index contributed by atoms with van der Waals surface area (Å²) in [6.45, 7) is 3.95. The van der Waals surface area contributed by atoms with Gasteiger partial charge in [0.1, 0.15) is 19.3 Å². The van der Waals surface area contributed by atoms with Gasteiger partial charge in [0.25, 0.3) is 5.91 Å². The van der Waals surface area contributed by atoms with Crippen LogP contribution in [0.5, 0.6) is 0 Å². The van der Waals surface area contributed by atoms with E-state index in [0.717, 1.165) is 22.3 Å². The Labute approximate surface area is 198 Å². The van der Waals surface area contributed by atoms with Crippen LogP contribution < -0.4 is 5.32 Å². The van der Waals surface area contributed by atoms with Crippen LogP contribution in [0.3, 0.4) is 0 Å². The van der Waals surface area contributed by atoms with Crippen molar-refractivity contribution in [3.05, 3.63) is 59.7 Å². The van der Waals surface area contributed by atoms with E-state index in [9.17, 15) is 14.4 Å². The van der Waals surface area contributed by atoms with Crippen molar-refractivity contribution in [2.75, 3.05) is 26.3 Å². The zero-order valence-corrected chi connectivity index (χ0v) is 19.4. The van der Waals surface area contributed by atoms with Gasteiger partial charge in [-0.1, -0.05) is 48.5 Å². The fourth-order valence-corrected chi connectivity index (χ4v) is 4.80. The topological polar surface area (TPSA) is 105 Å². The predicted octanol–water partition coefficient (Wildman–Crippen LogP) is 3.25. The fourth-order valence-electron chi connectivity index (χ4n) is 4.80. The zero-order valence-electron chi connectivity index (χ0n) is 19.4. The Morgan fingerprint density at radius 1 is 1.09 bits per heavy atom. The molecule has 8 nitrogen and oxygen atoms in total. The Morgan fingerprint density at radius 3 is 2.29 bits per heavy atom. The molecule has 2 aliphatic rings. The molecule has 0 saturated carbocycles. The van der Waals surface area contributed by atoms with Crippen LogP contribution in [0.4, 0.5) is 4.79 Å². The number of nitrogens with zero attached hydrogens (tertiary/aromatic N) is 1. The summed E-state index contributed by atoms with van der Waals surface area (Å²) < 4.78 is 11.2. The molecule has 2 N–H and O–H groups in total. The third-order valence-electron chi connectivity index (χ3n) is 6.52. The quantitative estimate of drug-likeness (QED) is 0.619. The van der Waals surface area contributed by atoms with Gasteiger partial charge < -0.3 is 24.8 Å². The molecule has 8 heteroatoms. The number of nitrogens with one attached hydrogen (secondary N) is 1. The predicted molar refractivity (Wildman–Crippen MR) is 125 cm³/mol. The lowest BCUT2D eigenvalue weighted by Crippen LogP contribution is -2.49. The van der Waals surface area contributed by atoms with Crippen molar-refractivity contribution >= 4 is 18.0 Å². The van der Waals surface area contributed by atoms with Gasteiger partial charge in [-0.25, -0.2) is 4.79 Å². The maximum atomic E-state index is 12.9. The van der Waals surface area contributed by atoms with Crippen LogP contribution in [-0.2, 0) is 19.1 Å². The number of carboxylic acids is 1. The van der Waals surface area contributed by atoms with Crippen LogP contribution in [0.1, 0.15) is 37.3 Å². The van der Waals surface area contributed by atoms with Crippen molar-refractivity contribution in [3.63, 3.8) is 0 Å². The number of benzene rings is 2. The van der Waals surface area contributed by atoms with Crippen LogP contribution >= 0.6 is 0 Å².